The molecule has 1 heterocycles. The molecule has 1 nitrogen and oxygen atoms in total. The predicted octanol–water partition coefficient (Wildman–Crippen LogP) is 1.90. The fourth-order valence-corrected chi connectivity index (χ4v) is 3.62. The van der Waals surface area contributed by atoms with Gasteiger partial charge in [0.2, 0.25) is 0 Å². The van der Waals surface area contributed by atoms with Gasteiger partial charge in [-0.1, -0.05) is 13.3 Å². The van der Waals surface area contributed by atoms with E-state index in [4.69, 9.17) is 0 Å². The van der Waals surface area contributed by atoms with E-state index < -0.39 is 0 Å². The van der Waals surface area contributed by atoms with E-state index in [9.17, 15) is 5.11 Å². The molecule has 0 amide bonds. The van der Waals surface area contributed by atoms with E-state index in [1.807, 2.05) is 11.8 Å². The van der Waals surface area contributed by atoms with E-state index in [0.717, 1.165) is 12.8 Å². The molecule has 3 atom stereocenters. The highest BCUT2D eigenvalue weighted by atomic mass is 32.2. The summed E-state index contributed by atoms with van der Waals surface area (Å²) in [4.78, 5) is 0. The monoisotopic (exact) mass is 172 g/mol. The lowest BCUT2D eigenvalue weighted by Crippen LogP contribution is -2.24. The zero-order valence-corrected chi connectivity index (χ0v) is 7.86. The zero-order valence-electron chi connectivity index (χ0n) is 7.05. The van der Waals surface area contributed by atoms with Gasteiger partial charge in [-0.25, -0.2) is 0 Å². The molecule has 1 saturated carbocycles. The van der Waals surface area contributed by atoms with E-state index in [0.29, 0.717) is 11.8 Å². The molecule has 2 fully saturated rings. The van der Waals surface area contributed by atoms with E-state index >= 15 is 0 Å². The first-order valence-corrected chi connectivity index (χ1v) is 5.73. The molecule has 2 aliphatic rings. The van der Waals surface area contributed by atoms with Crippen LogP contribution in [0.5, 0.6) is 0 Å². The fourth-order valence-electron chi connectivity index (χ4n) is 2.26. The first kappa shape index (κ1) is 7.93. The van der Waals surface area contributed by atoms with Crippen LogP contribution in [0.2, 0.25) is 0 Å². The van der Waals surface area contributed by atoms with Gasteiger partial charge in [0.05, 0.1) is 5.60 Å². The minimum absolute atomic E-state index is 0.224. The average molecular weight is 172 g/mol. The second-order valence-electron chi connectivity index (χ2n) is 3.86. The van der Waals surface area contributed by atoms with Gasteiger partial charge >= 0.3 is 0 Å². The minimum atomic E-state index is -0.224. The molecule has 11 heavy (non-hydrogen) atoms. The smallest absolute Gasteiger partial charge is 0.0716 e. The van der Waals surface area contributed by atoms with Gasteiger partial charge in [-0.3, -0.25) is 0 Å². The molecular formula is C9H16OS. The molecule has 1 saturated heterocycles. The molecule has 64 valence electrons. The van der Waals surface area contributed by atoms with Crippen LogP contribution in [-0.4, -0.2) is 22.2 Å². The van der Waals surface area contributed by atoms with Gasteiger partial charge in [-0.2, -0.15) is 11.8 Å². The van der Waals surface area contributed by atoms with Crippen LogP contribution in [0.15, 0.2) is 0 Å². The Morgan fingerprint density at radius 2 is 2.45 bits per heavy atom. The summed E-state index contributed by atoms with van der Waals surface area (Å²) in [5.41, 5.74) is -0.224. The molecule has 2 rings (SSSR count). The molecule has 2 heteroatoms. The second-order valence-corrected chi connectivity index (χ2v) is 5.01. The van der Waals surface area contributed by atoms with Crippen LogP contribution in [-0.2, 0) is 0 Å². The van der Waals surface area contributed by atoms with Crippen molar-refractivity contribution >= 4 is 11.8 Å². The van der Waals surface area contributed by atoms with Gasteiger partial charge in [0.25, 0.3) is 0 Å². The average Bonchev–Trinajstić information content (AvgIpc) is 2.55. The van der Waals surface area contributed by atoms with Crippen molar-refractivity contribution in [3.05, 3.63) is 0 Å². The SMILES string of the molecule is CCC1CC1(O)C1CCSC1. The minimum Gasteiger partial charge on any atom is -0.389 e. The summed E-state index contributed by atoms with van der Waals surface area (Å²) in [6, 6.07) is 0. The molecule has 1 aliphatic carbocycles. The molecule has 0 spiro atoms. The van der Waals surface area contributed by atoms with Gasteiger partial charge < -0.3 is 5.11 Å². The first-order chi connectivity index (χ1) is 5.27. The van der Waals surface area contributed by atoms with Crippen LogP contribution in [0.3, 0.4) is 0 Å². The Balaban J connectivity index is 1.94. The Morgan fingerprint density at radius 3 is 2.91 bits per heavy atom. The number of rotatable bonds is 2. The van der Waals surface area contributed by atoms with Crippen molar-refractivity contribution in [1.29, 1.82) is 0 Å². The summed E-state index contributed by atoms with van der Waals surface area (Å²) in [5.74, 6) is 3.72. The highest BCUT2D eigenvalue weighted by Crippen LogP contribution is 2.54. The first-order valence-electron chi connectivity index (χ1n) is 4.57. The molecule has 0 radical (unpaired) electrons. The zero-order chi connectivity index (χ0) is 7.90. The van der Waals surface area contributed by atoms with Crippen LogP contribution < -0.4 is 0 Å². The standard InChI is InChI=1S/C9H16OS/c1-2-7-5-9(7,10)8-3-4-11-6-8/h7-8,10H,2-6H2,1H3. The maximum Gasteiger partial charge on any atom is 0.0716 e. The van der Waals surface area contributed by atoms with Crippen molar-refractivity contribution in [2.75, 3.05) is 11.5 Å². The van der Waals surface area contributed by atoms with Crippen LogP contribution in [0.1, 0.15) is 26.2 Å². The maximum atomic E-state index is 10.1. The lowest BCUT2D eigenvalue weighted by atomic mass is 9.97. The van der Waals surface area contributed by atoms with Crippen LogP contribution in [0.25, 0.3) is 0 Å². The summed E-state index contributed by atoms with van der Waals surface area (Å²) < 4.78 is 0. The Morgan fingerprint density at radius 1 is 1.64 bits per heavy atom. The van der Waals surface area contributed by atoms with Crippen molar-refractivity contribution in [3.8, 4) is 0 Å². The summed E-state index contributed by atoms with van der Waals surface area (Å²) in [5, 5.41) is 10.1. The fraction of sp³-hybridized carbons (Fsp3) is 1.00. The topological polar surface area (TPSA) is 20.2 Å². The maximum absolute atomic E-state index is 10.1. The number of thioether (sulfide) groups is 1. The summed E-state index contributed by atoms with van der Waals surface area (Å²) in [6.45, 7) is 2.19. The summed E-state index contributed by atoms with van der Waals surface area (Å²) in [6.07, 6.45) is 3.49. The van der Waals surface area contributed by atoms with E-state index in [1.54, 1.807) is 0 Å². The number of aliphatic hydroxyl groups is 1. The quantitative estimate of drug-likeness (QED) is 0.686. The third-order valence-electron chi connectivity index (χ3n) is 3.25. The molecular weight excluding hydrogens is 156 g/mol. The van der Waals surface area contributed by atoms with Gasteiger partial charge in [-0.05, 0) is 36.2 Å². The van der Waals surface area contributed by atoms with Crippen LogP contribution in [0.4, 0.5) is 0 Å². The van der Waals surface area contributed by atoms with Crippen LogP contribution >= 0.6 is 11.8 Å². The molecule has 0 aromatic carbocycles. The van der Waals surface area contributed by atoms with Gasteiger partial charge in [0, 0.05) is 0 Å². The molecule has 0 aromatic rings. The van der Waals surface area contributed by atoms with Crippen molar-refractivity contribution in [2.45, 2.75) is 31.8 Å². The highest BCUT2D eigenvalue weighted by Gasteiger charge is 2.56. The third-order valence-corrected chi connectivity index (χ3v) is 4.41. The number of hydrogen-bond acceptors (Lipinski definition) is 2. The van der Waals surface area contributed by atoms with Gasteiger partial charge in [0.15, 0.2) is 0 Å². The van der Waals surface area contributed by atoms with E-state index in [2.05, 4.69) is 6.92 Å². The molecule has 0 bridgehead atoms. The highest BCUT2D eigenvalue weighted by molar-refractivity contribution is 7.99. The summed E-state index contributed by atoms with van der Waals surface area (Å²) in [7, 11) is 0. The van der Waals surface area contributed by atoms with Crippen molar-refractivity contribution in [3.63, 3.8) is 0 Å². The molecule has 1 N–H and O–H groups in total. The Kier molecular flexibility index (Phi) is 1.92. The Bertz CT molecular complexity index is 154. The largest absolute Gasteiger partial charge is 0.389 e. The third kappa shape index (κ3) is 1.20. The van der Waals surface area contributed by atoms with Crippen molar-refractivity contribution in [1.82, 2.24) is 0 Å². The van der Waals surface area contributed by atoms with Gasteiger partial charge in [-0.15, -0.1) is 0 Å². The van der Waals surface area contributed by atoms with Crippen LogP contribution in [0, 0.1) is 11.8 Å². The Labute approximate surface area is 72.6 Å². The lowest BCUT2D eigenvalue weighted by molar-refractivity contribution is 0.0760. The lowest BCUT2D eigenvalue weighted by Gasteiger charge is -2.16. The van der Waals surface area contributed by atoms with Crippen molar-refractivity contribution < 1.29 is 5.11 Å². The molecule has 3 unspecified atom stereocenters. The van der Waals surface area contributed by atoms with Gasteiger partial charge in [0.1, 0.15) is 0 Å². The Hall–Kier alpha value is 0.310. The molecule has 0 aromatic heterocycles. The molecule has 1 aliphatic heterocycles. The van der Waals surface area contributed by atoms with Crippen molar-refractivity contribution in [2.24, 2.45) is 11.8 Å². The number of hydrogen-bond donors (Lipinski definition) is 1. The predicted molar refractivity (Wildman–Crippen MR) is 48.8 cm³/mol. The van der Waals surface area contributed by atoms with E-state index in [1.165, 1.54) is 17.9 Å². The second kappa shape index (κ2) is 2.67. The van der Waals surface area contributed by atoms with E-state index in [-0.39, 0.29) is 5.60 Å². The normalized spacial score (nSPS) is 49.6. The summed E-state index contributed by atoms with van der Waals surface area (Å²) >= 11 is 2.00.